The molecule has 0 bridgehead atoms. The van der Waals surface area contributed by atoms with Gasteiger partial charge in [0.25, 0.3) is 5.91 Å². The minimum Gasteiger partial charge on any atom is -0.351 e. The summed E-state index contributed by atoms with van der Waals surface area (Å²) < 4.78 is 0. The molecule has 1 aliphatic rings. The van der Waals surface area contributed by atoms with E-state index < -0.39 is 0 Å². The van der Waals surface area contributed by atoms with E-state index in [1.165, 1.54) is 16.9 Å². The molecule has 4 heteroatoms. The summed E-state index contributed by atoms with van der Waals surface area (Å²) in [7, 11) is 0. The maximum atomic E-state index is 11.7. The summed E-state index contributed by atoms with van der Waals surface area (Å²) in [6, 6.07) is 4.08. The highest BCUT2D eigenvalue weighted by Gasteiger charge is 2.17. The number of aryl methyl sites for hydroxylation is 2. The van der Waals surface area contributed by atoms with Gasteiger partial charge in [-0.1, -0.05) is 0 Å². The molecule has 2 rings (SSSR count). The molecule has 1 amide bonds. The summed E-state index contributed by atoms with van der Waals surface area (Å²) in [5.41, 5.74) is 1.35. The van der Waals surface area contributed by atoms with Crippen LogP contribution in [0.25, 0.3) is 0 Å². The van der Waals surface area contributed by atoms with Crippen molar-refractivity contribution in [1.82, 2.24) is 5.32 Å². The van der Waals surface area contributed by atoms with Crippen LogP contribution in [-0.4, -0.2) is 12.5 Å². The lowest BCUT2D eigenvalue weighted by Crippen LogP contribution is -2.23. The molecule has 1 aliphatic carbocycles. The van der Waals surface area contributed by atoms with E-state index in [4.69, 9.17) is 5.26 Å². The number of thiophene rings is 1. The van der Waals surface area contributed by atoms with Gasteiger partial charge in [-0.25, -0.2) is 0 Å². The first-order chi connectivity index (χ1) is 7.81. The molecular weight excluding hydrogens is 220 g/mol. The van der Waals surface area contributed by atoms with Crippen molar-refractivity contribution in [3.8, 4) is 6.07 Å². The van der Waals surface area contributed by atoms with E-state index in [0.717, 1.165) is 24.1 Å². The van der Waals surface area contributed by atoms with Gasteiger partial charge in [-0.3, -0.25) is 4.79 Å². The first-order valence-corrected chi connectivity index (χ1v) is 6.39. The maximum absolute atomic E-state index is 11.7. The molecule has 3 nitrogen and oxygen atoms in total. The van der Waals surface area contributed by atoms with Crippen LogP contribution in [0.5, 0.6) is 0 Å². The zero-order valence-corrected chi connectivity index (χ0v) is 9.90. The standard InChI is InChI=1S/C12H14N2OS/c13-6-1-2-7-14-12(15)11-8-9-4-3-5-10(9)16-11/h8H,1-5,7H2,(H,14,15). The Morgan fingerprint density at radius 1 is 1.56 bits per heavy atom. The van der Waals surface area contributed by atoms with Gasteiger partial charge in [0.05, 0.1) is 10.9 Å². The molecule has 84 valence electrons. The molecule has 0 fully saturated rings. The predicted molar refractivity (Wildman–Crippen MR) is 63.5 cm³/mol. The van der Waals surface area contributed by atoms with Crippen LogP contribution in [0.15, 0.2) is 6.07 Å². The van der Waals surface area contributed by atoms with Crippen LogP contribution in [0, 0.1) is 11.3 Å². The molecule has 1 aromatic heterocycles. The fraction of sp³-hybridized carbons (Fsp3) is 0.500. The van der Waals surface area contributed by atoms with Crippen LogP contribution >= 0.6 is 11.3 Å². The van der Waals surface area contributed by atoms with Gasteiger partial charge in [0.2, 0.25) is 0 Å². The van der Waals surface area contributed by atoms with Gasteiger partial charge in [0, 0.05) is 17.8 Å². The number of rotatable bonds is 4. The average molecular weight is 234 g/mol. The third-order valence-corrected chi connectivity index (χ3v) is 3.96. The monoisotopic (exact) mass is 234 g/mol. The summed E-state index contributed by atoms with van der Waals surface area (Å²) in [5, 5.41) is 11.2. The van der Waals surface area contributed by atoms with Crippen molar-refractivity contribution >= 4 is 17.2 Å². The molecule has 0 aliphatic heterocycles. The Labute approximate surface area is 99.1 Å². The first kappa shape index (κ1) is 11.2. The zero-order valence-electron chi connectivity index (χ0n) is 9.08. The average Bonchev–Trinajstić information content (AvgIpc) is 2.83. The van der Waals surface area contributed by atoms with Crippen LogP contribution in [0.1, 0.15) is 39.4 Å². The molecule has 0 unspecified atom stereocenters. The second-order valence-electron chi connectivity index (χ2n) is 3.93. The van der Waals surface area contributed by atoms with Crippen molar-refractivity contribution in [2.45, 2.75) is 32.1 Å². The van der Waals surface area contributed by atoms with E-state index >= 15 is 0 Å². The van der Waals surface area contributed by atoms with E-state index in [0.29, 0.717) is 13.0 Å². The quantitative estimate of drug-likeness (QED) is 0.812. The number of hydrogen-bond donors (Lipinski definition) is 1. The lowest BCUT2D eigenvalue weighted by Gasteiger charge is -2.00. The number of nitrogens with zero attached hydrogens (tertiary/aromatic N) is 1. The molecule has 1 heterocycles. The van der Waals surface area contributed by atoms with Crippen molar-refractivity contribution < 1.29 is 4.79 Å². The van der Waals surface area contributed by atoms with Crippen molar-refractivity contribution in [1.29, 1.82) is 5.26 Å². The largest absolute Gasteiger partial charge is 0.351 e. The van der Waals surface area contributed by atoms with Gasteiger partial charge in [-0.15, -0.1) is 11.3 Å². The highest BCUT2D eigenvalue weighted by atomic mass is 32.1. The zero-order chi connectivity index (χ0) is 11.4. The third kappa shape index (κ3) is 2.42. The molecule has 0 radical (unpaired) electrons. The van der Waals surface area contributed by atoms with Crippen molar-refractivity contribution in [3.63, 3.8) is 0 Å². The Bertz CT molecular complexity index is 409. The number of nitrogens with one attached hydrogen (secondary N) is 1. The van der Waals surface area contributed by atoms with Gasteiger partial charge in [0.15, 0.2) is 0 Å². The fourth-order valence-corrected chi connectivity index (χ4v) is 3.07. The van der Waals surface area contributed by atoms with Crippen LogP contribution in [0.4, 0.5) is 0 Å². The normalized spacial score (nSPS) is 13.2. The smallest absolute Gasteiger partial charge is 0.261 e. The summed E-state index contributed by atoms with van der Waals surface area (Å²) in [6.45, 7) is 0.592. The molecule has 0 atom stereocenters. The Balaban J connectivity index is 1.87. The van der Waals surface area contributed by atoms with Crippen LogP contribution in [0.3, 0.4) is 0 Å². The summed E-state index contributed by atoms with van der Waals surface area (Å²) >= 11 is 1.62. The molecule has 1 N–H and O–H groups in total. The van der Waals surface area contributed by atoms with Gasteiger partial charge < -0.3 is 5.32 Å². The van der Waals surface area contributed by atoms with Crippen molar-refractivity contribution in [2.75, 3.05) is 6.54 Å². The van der Waals surface area contributed by atoms with Crippen molar-refractivity contribution in [3.05, 3.63) is 21.4 Å². The Kier molecular flexibility index (Phi) is 3.58. The molecule has 1 aromatic rings. The van der Waals surface area contributed by atoms with Crippen molar-refractivity contribution in [2.24, 2.45) is 0 Å². The van der Waals surface area contributed by atoms with Gasteiger partial charge in [-0.2, -0.15) is 5.26 Å². The third-order valence-electron chi connectivity index (χ3n) is 2.72. The SMILES string of the molecule is N#CCCCNC(=O)c1cc2c(s1)CCC2. The number of fused-ring (bicyclic) bond motifs is 1. The van der Waals surface area contributed by atoms with Crippen LogP contribution in [-0.2, 0) is 12.8 Å². The number of amides is 1. The Morgan fingerprint density at radius 2 is 2.44 bits per heavy atom. The number of hydrogen-bond acceptors (Lipinski definition) is 3. The van der Waals surface area contributed by atoms with Gasteiger partial charge in [0.1, 0.15) is 0 Å². The number of unbranched alkanes of at least 4 members (excludes halogenated alkanes) is 1. The molecular formula is C12H14N2OS. The molecule has 0 spiro atoms. The first-order valence-electron chi connectivity index (χ1n) is 5.58. The van der Waals surface area contributed by atoms with Crippen LogP contribution < -0.4 is 5.32 Å². The van der Waals surface area contributed by atoms with Gasteiger partial charge in [-0.05, 0) is 37.3 Å². The highest BCUT2D eigenvalue weighted by molar-refractivity contribution is 7.14. The highest BCUT2D eigenvalue weighted by Crippen LogP contribution is 2.30. The fourth-order valence-electron chi connectivity index (χ4n) is 1.90. The van der Waals surface area contributed by atoms with Crippen LogP contribution in [0.2, 0.25) is 0 Å². The van der Waals surface area contributed by atoms with E-state index in [1.807, 2.05) is 6.07 Å². The van der Waals surface area contributed by atoms with E-state index in [1.54, 1.807) is 11.3 Å². The maximum Gasteiger partial charge on any atom is 0.261 e. The number of carbonyl (C=O) groups is 1. The molecule has 16 heavy (non-hydrogen) atoms. The second-order valence-corrected chi connectivity index (χ2v) is 5.07. The summed E-state index contributed by atoms with van der Waals surface area (Å²) in [4.78, 5) is 13.9. The predicted octanol–water partition coefficient (Wildman–Crippen LogP) is 2.27. The Morgan fingerprint density at radius 3 is 3.19 bits per heavy atom. The van der Waals surface area contributed by atoms with E-state index in [2.05, 4.69) is 11.4 Å². The molecule has 0 aromatic carbocycles. The number of nitriles is 1. The summed E-state index contributed by atoms with van der Waals surface area (Å²) in [6.07, 6.45) is 4.70. The molecule has 0 saturated carbocycles. The summed E-state index contributed by atoms with van der Waals surface area (Å²) in [5.74, 6) is 0.0114. The Hall–Kier alpha value is -1.34. The second kappa shape index (κ2) is 5.13. The lowest BCUT2D eigenvalue weighted by molar-refractivity contribution is 0.0957. The lowest BCUT2D eigenvalue weighted by atomic mass is 10.2. The van der Waals surface area contributed by atoms with Gasteiger partial charge >= 0.3 is 0 Å². The minimum atomic E-state index is 0.0114. The van der Waals surface area contributed by atoms with E-state index in [9.17, 15) is 4.79 Å². The van der Waals surface area contributed by atoms with E-state index in [-0.39, 0.29) is 5.91 Å². The number of carbonyl (C=O) groups excluding carboxylic acids is 1. The minimum absolute atomic E-state index is 0.0114. The topological polar surface area (TPSA) is 52.9 Å². The molecule has 0 saturated heterocycles.